The van der Waals surface area contributed by atoms with Gasteiger partial charge in [-0.3, -0.25) is 9.59 Å². The Morgan fingerprint density at radius 1 is 1.18 bits per heavy atom. The van der Waals surface area contributed by atoms with E-state index in [1.807, 2.05) is 18.2 Å². The van der Waals surface area contributed by atoms with Gasteiger partial charge in [0.2, 0.25) is 11.8 Å². The van der Waals surface area contributed by atoms with Crippen molar-refractivity contribution in [3.05, 3.63) is 58.1 Å². The van der Waals surface area contributed by atoms with Crippen molar-refractivity contribution in [3.8, 4) is 0 Å². The van der Waals surface area contributed by atoms with Gasteiger partial charge in [0.1, 0.15) is 0 Å². The Labute approximate surface area is 137 Å². The molecule has 1 aliphatic heterocycles. The Hall–Kier alpha value is -2.04. The Kier molecular flexibility index (Phi) is 4.05. The molecule has 22 heavy (non-hydrogen) atoms. The van der Waals surface area contributed by atoms with E-state index in [0.29, 0.717) is 21.4 Å². The van der Waals surface area contributed by atoms with Crippen molar-refractivity contribution in [3.63, 3.8) is 0 Å². The SMILES string of the molecule is O=C1CC(C(=O)Nc2ccc(Cl)cc2Cl)c2ccccc2N1. The number of amides is 2. The summed E-state index contributed by atoms with van der Waals surface area (Å²) in [7, 11) is 0. The van der Waals surface area contributed by atoms with Crippen LogP contribution in [0.4, 0.5) is 11.4 Å². The van der Waals surface area contributed by atoms with Crippen LogP contribution >= 0.6 is 23.2 Å². The minimum absolute atomic E-state index is 0.105. The monoisotopic (exact) mass is 334 g/mol. The number of para-hydroxylation sites is 1. The predicted octanol–water partition coefficient (Wildman–Crippen LogP) is 4.06. The first kappa shape index (κ1) is 14.9. The quantitative estimate of drug-likeness (QED) is 0.870. The van der Waals surface area contributed by atoms with Crippen molar-refractivity contribution >= 4 is 46.4 Å². The van der Waals surface area contributed by atoms with Gasteiger partial charge in [0.15, 0.2) is 0 Å². The van der Waals surface area contributed by atoms with Crippen LogP contribution in [-0.2, 0) is 9.59 Å². The van der Waals surface area contributed by atoms with Crippen LogP contribution in [0.5, 0.6) is 0 Å². The van der Waals surface area contributed by atoms with Crippen molar-refractivity contribution in [2.24, 2.45) is 0 Å². The fraction of sp³-hybridized carbons (Fsp3) is 0.125. The van der Waals surface area contributed by atoms with Gasteiger partial charge in [0.25, 0.3) is 0 Å². The number of rotatable bonds is 2. The molecule has 0 saturated heterocycles. The summed E-state index contributed by atoms with van der Waals surface area (Å²) in [6, 6.07) is 12.1. The Morgan fingerprint density at radius 2 is 1.95 bits per heavy atom. The first-order valence-corrected chi connectivity index (χ1v) is 7.45. The van der Waals surface area contributed by atoms with Crippen molar-refractivity contribution in [1.29, 1.82) is 0 Å². The van der Waals surface area contributed by atoms with Crippen LogP contribution < -0.4 is 10.6 Å². The Morgan fingerprint density at radius 3 is 2.73 bits per heavy atom. The maximum absolute atomic E-state index is 12.5. The van der Waals surface area contributed by atoms with Gasteiger partial charge in [-0.15, -0.1) is 0 Å². The van der Waals surface area contributed by atoms with E-state index in [1.54, 1.807) is 24.3 Å². The van der Waals surface area contributed by atoms with Gasteiger partial charge in [0.05, 0.1) is 16.6 Å². The highest BCUT2D eigenvalue weighted by atomic mass is 35.5. The zero-order valence-electron chi connectivity index (χ0n) is 11.4. The summed E-state index contributed by atoms with van der Waals surface area (Å²) in [4.78, 5) is 24.3. The first-order valence-electron chi connectivity index (χ1n) is 6.69. The zero-order chi connectivity index (χ0) is 15.7. The van der Waals surface area contributed by atoms with Crippen molar-refractivity contribution in [1.82, 2.24) is 0 Å². The average molecular weight is 335 g/mol. The number of anilines is 2. The van der Waals surface area contributed by atoms with Crippen LogP contribution in [0.1, 0.15) is 17.9 Å². The summed E-state index contributed by atoms with van der Waals surface area (Å²) in [5.41, 5.74) is 1.94. The zero-order valence-corrected chi connectivity index (χ0v) is 12.9. The molecule has 0 saturated carbocycles. The lowest BCUT2D eigenvalue weighted by Crippen LogP contribution is -2.30. The van der Waals surface area contributed by atoms with E-state index < -0.39 is 5.92 Å². The third-order valence-corrected chi connectivity index (χ3v) is 4.05. The number of fused-ring (bicyclic) bond motifs is 1. The van der Waals surface area contributed by atoms with Crippen molar-refractivity contribution in [2.75, 3.05) is 10.6 Å². The molecule has 0 spiro atoms. The summed E-state index contributed by atoms with van der Waals surface area (Å²) in [6.07, 6.45) is 0.105. The van der Waals surface area contributed by atoms with Gasteiger partial charge in [-0.05, 0) is 29.8 Å². The van der Waals surface area contributed by atoms with Gasteiger partial charge in [0, 0.05) is 17.1 Å². The summed E-state index contributed by atoms with van der Waals surface area (Å²) < 4.78 is 0. The third kappa shape index (κ3) is 2.93. The second-order valence-corrected chi connectivity index (χ2v) is 5.85. The number of halogens is 2. The van der Waals surface area contributed by atoms with Gasteiger partial charge >= 0.3 is 0 Å². The minimum Gasteiger partial charge on any atom is -0.326 e. The Bertz CT molecular complexity index is 762. The van der Waals surface area contributed by atoms with Crippen LogP contribution in [0.25, 0.3) is 0 Å². The lowest BCUT2D eigenvalue weighted by atomic mass is 9.90. The smallest absolute Gasteiger partial charge is 0.232 e. The predicted molar refractivity (Wildman–Crippen MR) is 87.5 cm³/mol. The molecule has 3 rings (SSSR count). The molecular formula is C16H12Cl2N2O2. The number of nitrogens with one attached hydrogen (secondary N) is 2. The summed E-state index contributed by atoms with van der Waals surface area (Å²) in [5, 5.41) is 6.37. The molecule has 112 valence electrons. The standard InChI is InChI=1S/C16H12Cl2N2O2/c17-9-5-6-14(12(18)7-9)20-16(22)11-8-15(21)19-13-4-2-1-3-10(11)13/h1-7,11H,8H2,(H,19,21)(H,20,22). The topological polar surface area (TPSA) is 58.2 Å². The molecular weight excluding hydrogens is 323 g/mol. The summed E-state index contributed by atoms with van der Waals surface area (Å²) in [5.74, 6) is -0.996. The van der Waals surface area contributed by atoms with Gasteiger partial charge in [-0.25, -0.2) is 0 Å². The molecule has 1 unspecified atom stereocenters. The molecule has 0 fully saturated rings. The molecule has 1 aliphatic rings. The van der Waals surface area contributed by atoms with Crippen LogP contribution in [-0.4, -0.2) is 11.8 Å². The number of hydrogen-bond acceptors (Lipinski definition) is 2. The molecule has 0 aromatic heterocycles. The molecule has 0 radical (unpaired) electrons. The lowest BCUT2D eigenvalue weighted by Gasteiger charge is -2.24. The molecule has 2 aromatic rings. The molecule has 0 bridgehead atoms. The molecule has 4 nitrogen and oxygen atoms in total. The van der Waals surface area contributed by atoms with E-state index in [2.05, 4.69) is 10.6 Å². The molecule has 2 amide bonds. The number of carbonyl (C=O) groups excluding carboxylic acids is 2. The van der Waals surface area contributed by atoms with Gasteiger partial charge < -0.3 is 10.6 Å². The van der Waals surface area contributed by atoms with Crippen LogP contribution in [0, 0.1) is 0 Å². The molecule has 6 heteroatoms. The highest BCUT2D eigenvalue weighted by molar-refractivity contribution is 6.36. The van der Waals surface area contributed by atoms with Crippen molar-refractivity contribution in [2.45, 2.75) is 12.3 Å². The highest BCUT2D eigenvalue weighted by Gasteiger charge is 2.30. The van der Waals surface area contributed by atoms with E-state index in [9.17, 15) is 9.59 Å². The average Bonchev–Trinajstić information content (AvgIpc) is 2.49. The van der Waals surface area contributed by atoms with Gasteiger partial charge in [-0.2, -0.15) is 0 Å². The minimum atomic E-state index is -0.545. The van der Waals surface area contributed by atoms with Crippen molar-refractivity contribution < 1.29 is 9.59 Å². The highest BCUT2D eigenvalue weighted by Crippen LogP contribution is 2.34. The second kappa shape index (κ2) is 5.99. The number of carbonyl (C=O) groups is 2. The number of benzene rings is 2. The normalized spacial score (nSPS) is 16.6. The van der Waals surface area contributed by atoms with E-state index in [4.69, 9.17) is 23.2 Å². The largest absolute Gasteiger partial charge is 0.326 e. The van der Waals surface area contributed by atoms with E-state index in [0.717, 1.165) is 5.56 Å². The van der Waals surface area contributed by atoms with E-state index in [-0.39, 0.29) is 18.2 Å². The van der Waals surface area contributed by atoms with E-state index in [1.165, 1.54) is 0 Å². The van der Waals surface area contributed by atoms with Crippen LogP contribution in [0.15, 0.2) is 42.5 Å². The fourth-order valence-electron chi connectivity index (χ4n) is 2.46. The van der Waals surface area contributed by atoms with Crippen LogP contribution in [0.3, 0.4) is 0 Å². The third-order valence-electron chi connectivity index (χ3n) is 3.51. The molecule has 1 atom stereocenters. The Balaban J connectivity index is 1.88. The molecule has 2 N–H and O–H groups in total. The molecule has 2 aromatic carbocycles. The lowest BCUT2D eigenvalue weighted by molar-refractivity contribution is -0.123. The molecule has 0 aliphatic carbocycles. The number of hydrogen-bond donors (Lipinski definition) is 2. The molecule has 1 heterocycles. The van der Waals surface area contributed by atoms with Gasteiger partial charge in [-0.1, -0.05) is 41.4 Å². The first-order chi connectivity index (χ1) is 10.5. The summed E-state index contributed by atoms with van der Waals surface area (Å²) >= 11 is 11.9. The second-order valence-electron chi connectivity index (χ2n) is 5.01. The maximum atomic E-state index is 12.5. The van der Waals surface area contributed by atoms with Crippen LogP contribution in [0.2, 0.25) is 10.0 Å². The van der Waals surface area contributed by atoms with E-state index >= 15 is 0 Å². The summed E-state index contributed by atoms with van der Waals surface area (Å²) in [6.45, 7) is 0. The maximum Gasteiger partial charge on any atom is 0.232 e. The fourth-order valence-corrected chi connectivity index (χ4v) is 2.91.